The number of anilines is 2. The zero-order chi connectivity index (χ0) is 24.8. The molecule has 0 radical (unpaired) electrons. The van der Waals surface area contributed by atoms with E-state index in [-0.39, 0.29) is 19.0 Å². The number of rotatable bonds is 7. The number of esters is 1. The van der Waals surface area contributed by atoms with Crippen molar-refractivity contribution in [2.75, 3.05) is 23.8 Å². The van der Waals surface area contributed by atoms with Gasteiger partial charge in [0.05, 0.1) is 17.8 Å². The van der Waals surface area contributed by atoms with E-state index in [9.17, 15) is 18.4 Å². The Morgan fingerprint density at radius 2 is 1.49 bits per heavy atom. The van der Waals surface area contributed by atoms with Crippen LogP contribution in [0.5, 0.6) is 5.75 Å². The molecule has 4 rings (SSSR count). The Kier molecular flexibility index (Phi) is 7.15. The number of carbonyl (C=O) groups is 2. The Morgan fingerprint density at radius 1 is 0.857 bits per heavy atom. The van der Waals surface area contributed by atoms with Crippen molar-refractivity contribution in [3.8, 4) is 17.0 Å². The van der Waals surface area contributed by atoms with Crippen molar-refractivity contribution in [1.82, 2.24) is 4.98 Å². The second kappa shape index (κ2) is 10.6. The first-order valence-corrected chi connectivity index (χ1v) is 10.7. The average molecular weight is 477 g/mol. The monoisotopic (exact) mass is 477 g/mol. The second-order valence-corrected chi connectivity index (χ2v) is 7.42. The summed E-state index contributed by atoms with van der Waals surface area (Å²) in [6.07, 6.45) is 0. The summed E-state index contributed by atoms with van der Waals surface area (Å²) in [5.74, 6) is -0.977. The van der Waals surface area contributed by atoms with Gasteiger partial charge in [-0.25, -0.2) is 23.4 Å². The van der Waals surface area contributed by atoms with Crippen LogP contribution in [0.4, 0.5) is 25.0 Å². The van der Waals surface area contributed by atoms with Gasteiger partial charge >= 0.3 is 12.0 Å². The van der Waals surface area contributed by atoms with Crippen LogP contribution in [0.1, 0.15) is 6.92 Å². The number of ether oxygens (including phenoxy) is 2. The number of urea groups is 1. The molecule has 0 aliphatic heterocycles. The Morgan fingerprint density at radius 3 is 2.17 bits per heavy atom. The maximum Gasteiger partial charge on any atom is 0.344 e. The van der Waals surface area contributed by atoms with Crippen molar-refractivity contribution in [3.05, 3.63) is 84.4 Å². The van der Waals surface area contributed by atoms with Crippen LogP contribution in [-0.4, -0.2) is 30.2 Å². The first kappa shape index (κ1) is 23.6. The van der Waals surface area contributed by atoms with Crippen LogP contribution < -0.4 is 15.4 Å². The average Bonchev–Trinajstić information content (AvgIpc) is 2.84. The minimum Gasteiger partial charge on any atom is -0.481 e. The van der Waals surface area contributed by atoms with Gasteiger partial charge in [0.25, 0.3) is 0 Å². The Balaban J connectivity index is 1.63. The third-order valence-corrected chi connectivity index (χ3v) is 4.92. The standard InChI is InChI=1S/C26H21F2N3O4/c1-2-34-25(32)15-35-24-14-23(16-3-5-17(27)6-4-16)31-22-12-11-20(13-21(22)24)30-26(33)29-19-9-7-18(28)8-10-19/h3-14H,2,15H2,1H3,(H2,29,30,33). The number of nitrogens with one attached hydrogen (secondary N) is 2. The van der Waals surface area contributed by atoms with Gasteiger partial charge in [-0.2, -0.15) is 0 Å². The predicted molar refractivity (Wildman–Crippen MR) is 128 cm³/mol. The van der Waals surface area contributed by atoms with Gasteiger partial charge in [0, 0.05) is 28.4 Å². The molecule has 3 aromatic carbocycles. The SMILES string of the molecule is CCOC(=O)COc1cc(-c2ccc(F)cc2)nc2ccc(NC(=O)Nc3ccc(F)cc3)cc12. The molecular formula is C26H21F2N3O4. The summed E-state index contributed by atoms with van der Waals surface area (Å²) < 4.78 is 37.1. The highest BCUT2D eigenvalue weighted by molar-refractivity contribution is 6.01. The Labute approximate surface area is 199 Å². The molecule has 1 heterocycles. The van der Waals surface area contributed by atoms with E-state index >= 15 is 0 Å². The molecule has 35 heavy (non-hydrogen) atoms. The van der Waals surface area contributed by atoms with Gasteiger partial charge < -0.3 is 20.1 Å². The number of hydrogen-bond donors (Lipinski definition) is 2. The van der Waals surface area contributed by atoms with E-state index in [2.05, 4.69) is 15.6 Å². The lowest BCUT2D eigenvalue weighted by Crippen LogP contribution is -2.19. The molecule has 2 N–H and O–H groups in total. The number of halogens is 2. The van der Waals surface area contributed by atoms with Crippen molar-refractivity contribution in [3.63, 3.8) is 0 Å². The summed E-state index contributed by atoms with van der Waals surface area (Å²) in [7, 11) is 0. The van der Waals surface area contributed by atoms with Crippen molar-refractivity contribution in [2.45, 2.75) is 6.92 Å². The molecule has 0 saturated heterocycles. The molecule has 0 unspecified atom stereocenters. The van der Waals surface area contributed by atoms with Crippen LogP contribution in [0.25, 0.3) is 22.2 Å². The highest BCUT2D eigenvalue weighted by atomic mass is 19.1. The molecule has 4 aromatic rings. The fourth-order valence-electron chi connectivity index (χ4n) is 3.33. The maximum atomic E-state index is 13.4. The van der Waals surface area contributed by atoms with Gasteiger partial charge in [0.1, 0.15) is 17.4 Å². The van der Waals surface area contributed by atoms with Gasteiger partial charge in [-0.3, -0.25) is 0 Å². The van der Waals surface area contributed by atoms with E-state index in [0.717, 1.165) is 0 Å². The van der Waals surface area contributed by atoms with Gasteiger partial charge in [-0.15, -0.1) is 0 Å². The van der Waals surface area contributed by atoms with E-state index in [1.165, 1.54) is 36.4 Å². The number of hydrogen-bond acceptors (Lipinski definition) is 5. The van der Waals surface area contributed by atoms with Crippen LogP contribution >= 0.6 is 0 Å². The van der Waals surface area contributed by atoms with Crippen molar-refractivity contribution < 1.29 is 27.8 Å². The largest absolute Gasteiger partial charge is 0.481 e. The maximum absolute atomic E-state index is 13.4. The minimum atomic E-state index is -0.534. The number of carbonyl (C=O) groups excluding carboxylic acids is 2. The molecule has 0 fully saturated rings. The van der Waals surface area contributed by atoms with Gasteiger partial charge in [0.2, 0.25) is 0 Å². The van der Waals surface area contributed by atoms with E-state index in [1.54, 1.807) is 43.3 Å². The fourth-order valence-corrected chi connectivity index (χ4v) is 3.33. The van der Waals surface area contributed by atoms with Crippen molar-refractivity contribution in [2.24, 2.45) is 0 Å². The second-order valence-electron chi connectivity index (χ2n) is 7.42. The number of nitrogens with zero attached hydrogens (tertiary/aromatic N) is 1. The van der Waals surface area contributed by atoms with Crippen LogP contribution in [0.15, 0.2) is 72.8 Å². The molecule has 2 amide bonds. The molecule has 0 aliphatic carbocycles. The topological polar surface area (TPSA) is 89.6 Å². The van der Waals surface area contributed by atoms with E-state index in [4.69, 9.17) is 9.47 Å². The van der Waals surface area contributed by atoms with Crippen LogP contribution in [0, 0.1) is 11.6 Å². The predicted octanol–water partition coefficient (Wildman–Crippen LogP) is 5.77. The highest BCUT2D eigenvalue weighted by Crippen LogP contribution is 2.32. The van der Waals surface area contributed by atoms with Gasteiger partial charge in [-0.1, -0.05) is 0 Å². The normalized spacial score (nSPS) is 10.6. The third-order valence-electron chi connectivity index (χ3n) is 4.92. The third kappa shape index (κ3) is 6.08. The summed E-state index contributed by atoms with van der Waals surface area (Å²) >= 11 is 0. The van der Waals surface area contributed by atoms with E-state index in [0.29, 0.717) is 39.3 Å². The summed E-state index contributed by atoms with van der Waals surface area (Å²) in [5.41, 5.74) is 2.58. The first-order valence-electron chi connectivity index (χ1n) is 10.7. The first-order chi connectivity index (χ1) is 16.9. The highest BCUT2D eigenvalue weighted by Gasteiger charge is 2.13. The molecule has 9 heteroatoms. The lowest BCUT2D eigenvalue weighted by atomic mass is 10.1. The molecule has 0 spiro atoms. The van der Waals surface area contributed by atoms with E-state index < -0.39 is 17.8 Å². The van der Waals surface area contributed by atoms with Crippen molar-refractivity contribution >= 4 is 34.3 Å². The zero-order valence-electron chi connectivity index (χ0n) is 18.7. The molecular weight excluding hydrogens is 456 g/mol. The zero-order valence-corrected chi connectivity index (χ0v) is 18.7. The van der Waals surface area contributed by atoms with Gasteiger partial charge in [0.15, 0.2) is 6.61 Å². The molecule has 0 atom stereocenters. The Bertz CT molecular complexity index is 1360. The number of benzene rings is 3. The summed E-state index contributed by atoms with van der Waals surface area (Å²) in [4.78, 5) is 28.9. The summed E-state index contributed by atoms with van der Waals surface area (Å²) in [5, 5.41) is 5.86. The van der Waals surface area contributed by atoms with Crippen LogP contribution in [0.2, 0.25) is 0 Å². The molecule has 1 aromatic heterocycles. The van der Waals surface area contributed by atoms with Crippen LogP contribution in [-0.2, 0) is 9.53 Å². The lowest BCUT2D eigenvalue weighted by molar-refractivity contribution is -0.145. The minimum absolute atomic E-state index is 0.220. The van der Waals surface area contributed by atoms with Crippen molar-refractivity contribution in [1.29, 1.82) is 0 Å². The Hall–Kier alpha value is -4.53. The molecule has 178 valence electrons. The van der Waals surface area contributed by atoms with Crippen LogP contribution in [0.3, 0.4) is 0 Å². The van der Waals surface area contributed by atoms with Gasteiger partial charge in [-0.05, 0) is 73.7 Å². The number of fused-ring (bicyclic) bond motifs is 1. The molecule has 7 nitrogen and oxygen atoms in total. The number of amides is 2. The quantitative estimate of drug-likeness (QED) is 0.330. The lowest BCUT2D eigenvalue weighted by Gasteiger charge is -2.13. The smallest absolute Gasteiger partial charge is 0.344 e. The molecule has 0 aliphatic rings. The summed E-state index contributed by atoms with van der Waals surface area (Å²) in [6.45, 7) is 1.59. The number of aromatic nitrogens is 1. The fraction of sp³-hybridized carbons (Fsp3) is 0.115. The van der Waals surface area contributed by atoms with E-state index in [1.807, 2.05) is 0 Å². The molecule has 0 saturated carbocycles. The summed E-state index contributed by atoms with van der Waals surface area (Å²) in [6, 6.07) is 17.3. The number of pyridine rings is 1. The molecule has 0 bridgehead atoms.